The zero-order valence-electron chi connectivity index (χ0n) is 34.3. The molecule has 0 spiro atoms. The van der Waals surface area contributed by atoms with Crippen LogP contribution in [0.4, 0.5) is 26.3 Å². The second-order valence-electron chi connectivity index (χ2n) is 14.6. The topological polar surface area (TPSA) is 344 Å². The minimum absolute atomic E-state index is 0.0258. The van der Waals surface area contributed by atoms with Crippen LogP contribution in [0.2, 0.25) is 0 Å². The molecule has 2 aliphatic rings. The average molecular weight is 920 g/mol. The number of aliphatic carboxylic acids is 3. The molecule has 2 fully saturated rings. The van der Waals surface area contributed by atoms with Gasteiger partial charge in [0.1, 0.15) is 36.3 Å². The summed E-state index contributed by atoms with van der Waals surface area (Å²) in [4.78, 5) is 118. The number of carbonyl (C=O) groups is 9. The Morgan fingerprint density at radius 1 is 0.762 bits per heavy atom. The molecule has 3 heterocycles. The highest BCUT2D eigenvalue weighted by Crippen LogP contribution is 2.26. The fraction of sp³-hybridized carbons (Fsp3) is 0.657. The van der Waals surface area contributed by atoms with E-state index in [2.05, 4.69) is 31.2 Å². The number of H-pyrrole nitrogens is 1. The fourth-order valence-corrected chi connectivity index (χ4v) is 5.97. The second kappa shape index (κ2) is 24.5. The van der Waals surface area contributed by atoms with Gasteiger partial charge in [0.15, 0.2) is 0 Å². The Morgan fingerprint density at radius 2 is 1.25 bits per heavy atom. The van der Waals surface area contributed by atoms with E-state index in [4.69, 9.17) is 25.5 Å². The number of imidazole rings is 1. The molecule has 2 aliphatic heterocycles. The number of aromatic nitrogens is 2. The maximum Gasteiger partial charge on any atom is 0.490 e. The third-order valence-electron chi connectivity index (χ3n) is 9.04. The highest BCUT2D eigenvalue weighted by atomic mass is 19.4. The van der Waals surface area contributed by atoms with Crippen LogP contribution in [-0.4, -0.2) is 168 Å². The van der Waals surface area contributed by atoms with E-state index in [0.29, 0.717) is 44.5 Å². The summed E-state index contributed by atoms with van der Waals surface area (Å²) < 4.78 is 63.5. The van der Waals surface area contributed by atoms with Gasteiger partial charge in [0.05, 0.1) is 19.0 Å². The van der Waals surface area contributed by atoms with Crippen LogP contribution in [0.25, 0.3) is 0 Å². The number of aromatic amines is 1. The summed E-state index contributed by atoms with van der Waals surface area (Å²) in [5, 5.41) is 42.7. The Kier molecular flexibility index (Phi) is 21.4. The van der Waals surface area contributed by atoms with Gasteiger partial charge in [0.25, 0.3) is 0 Å². The molecule has 0 radical (unpaired) electrons. The van der Waals surface area contributed by atoms with E-state index >= 15 is 0 Å². The van der Waals surface area contributed by atoms with Crippen molar-refractivity contribution in [3.05, 3.63) is 18.2 Å². The molecule has 22 nitrogen and oxygen atoms in total. The van der Waals surface area contributed by atoms with Gasteiger partial charge in [-0.3, -0.25) is 28.8 Å². The largest absolute Gasteiger partial charge is 0.490 e. The quantitative estimate of drug-likeness (QED) is 0.0856. The van der Waals surface area contributed by atoms with Crippen LogP contribution in [0.1, 0.15) is 65.5 Å². The number of carbonyl (C=O) groups excluding carboxylic acids is 6. The first-order valence-corrected chi connectivity index (χ1v) is 19.0. The Balaban J connectivity index is 0.00000121. The Bertz CT molecular complexity index is 1740. The van der Waals surface area contributed by atoms with E-state index in [0.717, 1.165) is 0 Å². The standard InChI is InChI=1S/C31H49N9O9.2C2HF3O2/c1-16(2)11-20(27(44)38-22(14-41)31(48)49)36-25(42)18(4)35-26(43)21(12-19-13-33-15-34-19)37-28(45)23-7-5-9-39(23)30(47)24-8-6-10-40(24)29(46)17(3)32;2*3-2(4,5)1(6)7/h13,15-18,20-24,41H,5-12,14,32H2,1-4H3,(H,33,34)(H,35,43)(H,36,42)(H,37,45)(H,38,44)(H,48,49);2*(H,6,7)/t17-,18-,20-,21-,22-,23-,24-;;/m0../s1. The van der Waals surface area contributed by atoms with Gasteiger partial charge in [-0.05, 0) is 51.9 Å². The van der Waals surface area contributed by atoms with E-state index in [1.807, 2.05) is 0 Å². The van der Waals surface area contributed by atoms with Crippen molar-refractivity contribution in [3.8, 4) is 0 Å². The molecule has 0 unspecified atom stereocenters. The lowest BCUT2D eigenvalue weighted by Gasteiger charge is -2.32. The third kappa shape index (κ3) is 18.1. The zero-order chi connectivity index (χ0) is 48.6. The Morgan fingerprint density at radius 3 is 1.70 bits per heavy atom. The number of amides is 6. The number of rotatable bonds is 16. The second-order valence-corrected chi connectivity index (χ2v) is 14.6. The summed E-state index contributed by atoms with van der Waals surface area (Å²) in [5.74, 6) is -10.6. The predicted octanol–water partition coefficient (Wildman–Crippen LogP) is -1.37. The number of nitrogens with one attached hydrogen (secondary N) is 5. The maximum absolute atomic E-state index is 13.7. The van der Waals surface area contributed by atoms with Crippen molar-refractivity contribution in [2.45, 2.75) is 121 Å². The summed E-state index contributed by atoms with van der Waals surface area (Å²) in [6.07, 6.45) is -5.19. The minimum Gasteiger partial charge on any atom is -0.480 e. The summed E-state index contributed by atoms with van der Waals surface area (Å²) in [5.41, 5.74) is 6.30. The van der Waals surface area contributed by atoms with E-state index in [1.165, 1.54) is 29.2 Å². The lowest BCUT2D eigenvalue weighted by atomic mass is 10.0. The first kappa shape index (κ1) is 55.0. The molecule has 0 aromatic carbocycles. The normalized spacial score (nSPS) is 18.5. The summed E-state index contributed by atoms with van der Waals surface area (Å²) >= 11 is 0. The molecule has 356 valence electrons. The molecule has 3 rings (SSSR count). The lowest BCUT2D eigenvalue weighted by Crippen LogP contribution is -2.59. The summed E-state index contributed by atoms with van der Waals surface area (Å²) in [7, 11) is 0. The zero-order valence-corrected chi connectivity index (χ0v) is 34.3. The molecule has 1 aromatic heterocycles. The first-order valence-electron chi connectivity index (χ1n) is 19.0. The molecule has 11 N–H and O–H groups in total. The van der Waals surface area contributed by atoms with Crippen LogP contribution in [0.15, 0.2) is 12.5 Å². The molecular formula is C35H51F6N9O13. The van der Waals surface area contributed by atoms with E-state index in [1.54, 1.807) is 20.8 Å². The lowest BCUT2D eigenvalue weighted by molar-refractivity contribution is -0.193. The Labute approximate surface area is 354 Å². The van der Waals surface area contributed by atoms with Gasteiger partial charge in [-0.1, -0.05) is 13.8 Å². The number of likely N-dealkylation sites (tertiary alicyclic amines) is 2. The highest BCUT2D eigenvalue weighted by Gasteiger charge is 2.43. The monoisotopic (exact) mass is 919 g/mol. The molecule has 6 amide bonds. The van der Waals surface area contributed by atoms with Crippen molar-refractivity contribution in [1.82, 2.24) is 41.0 Å². The highest BCUT2D eigenvalue weighted by molar-refractivity contribution is 5.97. The molecule has 7 atom stereocenters. The summed E-state index contributed by atoms with van der Waals surface area (Å²) in [6.45, 7) is 6.38. The molecular weight excluding hydrogens is 868 g/mol. The van der Waals surface area contributed by atoms with Gasteiger partial charge in [-0.25, -0.2) is 19.4 Å². The van der Waals surface area contributed by atoms with Crippen LogP contribution in [-0.2, 0) is 49.6 Å². The molecule has 0 saturated carbocycles. The van der Waals surface area contributed by atoms with Crippen molar-refractivity contribution >= 4 is 53.4 Å². The van der Waals surface area contributed by atoms with Gasteiger partial charge >= 0.3 is 30.3 Å². The van der Waals surface area contributed by atoms with Crippen LogP contribution in [0, 0.1) is 5.92 Å². The van der Waals surface area contributed by atoms with E-state index in [-0.39, 0.29) is 30.6 Å². The van der Waals surface area contributed by atoms with Crippen LogP contribution in [0.3, 0.4) is 0 Å². The van der Waals surface area contributed by atoms with E-state index in [9.17, 15) is 70.1 Å². The number of nitrogens with two attached hydrogens (primary N) is 1. The van der Waals surface area contributed by atoms with Crippen LogP contribution >= 0.6 is 0 Å². The number of carboxylic acids is 3. The number of halogens is 6. The molecule has 0 aliphatic carbocycles. The maximum atomic E-state index is 13.7. The summed E-state index contributed by atoms with van der Waals surface area (Å²) in [6, 6.07) is -7.50. The SMILES string of the molecule is CC(C)C[C@H](NC(=O)[C@H](C)NC(=O)[C@H](Cc1cnc[nH]1)NC(=O)[C@@H]1CCCN1C(=O)[C@@H]1CCCN1C(=O)[C@H](C)N)C(=O)N[C@@H](CO)C(=O)O.O=C(O)C(F)(F)F.O=C(O)C(F)(F)F. The van der Waals surface area contributed by atoms with Gasteiger partial charge in [0, 0.05) is 31.4 Å². The average Bonchev–Trinajstić information content (AvgIpc) is 3.98. The molecule has 1 aromatic rings. The van der Waals surface area contributed by atoms with Gasteiger partial charge in [-0.15, -0.1) is 0 Å². The van der Waals surface area contributed by atoms with Crippen LogP contribution in [0.5, 0.6) is 0 Å². The number of aliphatic hydroxyl groups is 1. The van der Waals surface area contributed by atoms with Crippen molar-refractivity contribution in [1.29, 1.82) is 0 Å². The molecule has 28 heteroatoms. The van der Waals surface area contributed by atoms with E-state index < -0.39 is 103 Å². The first-order chi connectivity index (χ1) is 29.0. The fourth-order valence-electron chi connectivity index (χ4n) is 5.97. The molecule has 0 bridgehead atoms. The number of hydrogen-bond donors (Lipinski definition) is 10. The molecule has 63 heavy (non-hydrogen) atoms. The van der Waals surface area contributed by atoms with Crippen molar-refractivity contribution < 1.29 is 89.9 Å². The number of alkyl halides is 6. The smallest absolute Gasteiger partial charge is 0.480 e. The number of nitrogens with zero attached hydrogens (tertiary/aromatic N) is 3. The number of aliphatic hydroxyl groups excluding tert-OH is 1. The van der Waals surface area contributed by atoms with Gasteiger partial charge in [0.2, 0.25) is 35.4 Å². The van der Waals surface area contributed by atoms with Crippen molar-refractivity contribution in [3.63, 3.8) is 0 Å². The van der Waals surface area contributed by atoms with Crippen molar-refractivity contribution in [2.75, 3.05) is 19.7 Å². The van der Waals surface area contributed by atoms with Gasteiger partial charge in [-0.2, -0.15) is 26.3 Å². The number of hydrogen-bond acceptors (Lipinski definition) is 12. The van der Waals surface area contributed by atoms with Crippen molar-refractivity contribution in [2.24, 2.45) is 11.7 Å². The Hall–Kier alpha value is -6.06. The predicted molar refractivity (Wildman–Crippen MR) is 200 cm³/mol. The molecule has 2 saturated heterocycles. The van der Waals surface area contributed by atoms with Gasteiger partial charge < -0.3 is 62.2 Å². The minimum atomic E-state index is -5.08. The van der Waals surface area contributed by atoms with Crippen LogP contribution < -0.4 is 27.0 Å². The third-order valence-corrected chi connectivity index (χ3v) is 9.04. The number of carboxylic acid groups (broad SMARTS) is 3.